The van der Waals surface area contributed by atoms with Crippen molar-refractivity contribution in [3.8, 4) is 0 Å². The zero-order valence-corrected chi connectivity index (χ0v) is 22.0. The van der Waals surface area contributed by atoms with E-state index in [9.17, 15) is 9.59 Å². The van der Waals surface area contributed by atoms with Crippen molar-refractivity contribution in [3.63, 3.8) is 0 Å². The van der Waals surface area contributed by atoms with E-state index in [2.05, 4.69) is 71.7 Å². The first-order valence-corrected chi connectivity index (χ1v) is 12.9. The summed E-state index contributed by atoms with van der Waals surface area (Å²) in [4.78, 5) is 36.0. The van der Waals surface area contributed by atoms with Gasteiger partial charge in [-0.15, -0.1) is 0 Å². The Labute approximate surface area is 209 Å². The van der Waals surface area contributed by atoms with Crippen molar-refractivity contribution in [2.45, 2.75) is 65.8 Å². The van der Waals surface area contributed by atoms with E-state index in [-0.39, 0.29) is 11.3 Å². The largest absolute Gasteiger partial charge is 0.340 e. The number of carbonyl (C=O) groups excluding carboxylic acids is 2. The molecule has 0 amide bonds. The zero-order valence-electron chi connectivity index (χ0n) is 22.0. The highest BCUT2D eigenvalue weighted by Crippen LogP contribution is 2.40. The molecule has 4 rings (SSSR count). The molecule has 0 unspecified atom stereocenters. The second kappa shape index (κ2) is 10.2. The number of rotatable bonds is 8. The number of imidazole rings is 1. The highest BCUT2D eigenvalue weighted by molar-refractivity contribution is 5.95. The minimum absolute atomic E-state index is 0.0226. The number of ketones is 1. The molecule has 1 fully saturated rings. The van der Waals surface area contributed by atoms with Gasteiger partial charge in [-0.2, -0.15) is 0 Å². The van der Waals surface area contributed by atoms with Gasteiger partial charge in [0.2, 0.25) is 5.78 Å². The van der Waals surface area contributed by atoms with Gasteiger partial charge in [0.1, 0.15) is 6.29 Å². The number of aromatic nitrogens is 2. The molecule has 1 aromatic carbocycles. The second-order valence-corrected chi connectivity index (χ2v) is 11.5. The zero-order chi connectivity index (χ0) is 25.2. The third kappa shape index (κ3) is 5.81. The topological polar surface area (TPSA) is 69.3 Å². The molecular formula is C29H40N4O2. The van der Waals surface area contributed by atoms with Crippen LogP contribution in [0.3, 0.4) is 0 Å². The monoisotopic (exact) mass is 476 g/mol. The molecule has 1 aliphatic carbocycles. The molecule has 1 N–H and O–H groups in total. The second-order valence-electron chi connectivity index (χ2n) is 11.5. The van der Waals surface area contributed by atoms with E-state index in [1.165, 1.54) is 16.7 Å². The molecule has 188 valence electrons. The maximum absolute atomic E-state index is 13.0. The fourth-order valence-electron chi connectivity index (χ4n) is 5.32. The summed E-state index contributed by atoms with van der Waals surface area (Å²) in [7, 11) is 0. The van der Waals surface area contributed by atoms with Crippen LogP contribution < -0.4 is 0 Å². The summed E-state index contributed by atoms with van der Waals surface area (Å²) in [6, 6.07) is 6.69. The van der Waals surface area contributed by atoms with Crippen molar-refractivity contribution in [1.82, 2.24) is 19.8 Å². The van der Waals surface area contributed by atoms with Gasteiger partial charge in [-0.25, -0.2) is 4.98 Å². The van der Waals surface area contributed by atoms with E-state index < -0.39 is 0 Å². The molecule has 0 radical (unpaired) electrons. The lowest BCUT2D eigenvalue weighted by molar-refractivity contribution is -0.109. The van der Waals surface area contributed by atoms with Crippen LogP contribution in [-0.4, -0.2) is 64.6 Å². The first kappa shape index (κ1) is 25.5. The third-order valence-electron chi connectivity index (χ3n) is 7.95. The summed E-state index contributed by atoms with van der Waals surface area (Å²) in [6.45, 7) is 15.3. The number of carbonyl (C=O) groups is 2. The molecule has 1 aliphatic heterocycles. The average molecular weight is 477 g/mol. The molecule has 0 bridgehead atoms. The van der Waals surface area contributed by atoms with Gasteiger partial charge in [-0.1, -0.05) is 32.1 Å². The molecule has 2 heterocycles. The highest BCUT2D eigenvalue weighted by Gasteiger charge is 2.32. The maximum Gasteiger partial charge on any atom is 0.202 e. The number of hydrogen-bond donors (Lipinski definition) is 1. The quantitative estimate of drug-likeness (QED) is 0.438. The number of nitrogens with zero attached hydrogens (tertiary/aromatic N) is 3. The predicted molar refractivity (Wildman–Crippen MR) is 141 cm³/mol. The van der Waals surface area contributed by atoms with Gasteiger partial charge in [-0.3, -0.25) is 14.6 Å². The molecule has 1 saturated heterocycles. The Morgan fingerprint density at radius 3 is 2.54 bits per heavy atom. The SMILES string of the molecule is Cc1cnc(C(=O)Cc2ccc(C(C)(C)N3CCN(CC=O)CC3)cc2C2=CCC(C)(C)CC2)[nH]1. The predicted octanol–water partition coefficient (Wildman–Crippen LogP) is 4.79. The number of H-pyrrole nitrogens is 1. The minimum Gasteiger partial charge on any atom is -0.340 e. The minimum atomic E-state index is -0.142. The molecule has 0 saturated carbocycles. The molecule has 2 aromatic rings. The summed E-state index contributed by atoms with van der Waals surface area (Å²) in [6.07, 6.45) is 8.67. The molecular weight excluding hydrogens is 436 g/mol. The van der Waals surface area contributed by atoms with Crippen LogP contribution >= 0.6 is 0 Å². The molecule has 6 heteroatoms. The van der Waals surface area contributed by atoms with E-state index in [1.807, 2.05) is 6.92 Å². The third-order valence-corrected chi connectivity index (χ3v) is 7.95. The van der Waals surface area contributed by atoms with Crippen LogP contribution in [-0.2, 0) is 16.8 Å². The summed E-state index contributed by atoms with van der Waals surface area (Å²) < 4.78 is 0. The smallest absolute Gasteiger partial charge is 0.202 e. The van der Waals surface area contributed by atoms with E-state index in [0.29, 0.717) is 24.2 Å². The lowest BCUT2D eigenvalue weighted by Gasteiger charge is -2.44. The maximum atomic E-state index is 13.0. The standard InChI is InChI=1S/C29H40N4O2/c1-21-20-30-27(31-21)26(35)18-23-6-7-24(19-25(23)22-8-10-28(2,3)11-9-22)29(4,5)33-14-12-32(13-15-33)16-17-34/h6-8,17,19-20H,9-16,18H2,1-5H3,(H,30,31). The molecule has 0 atom stereocenters. The van der Waals surface area contributed by atoms with Gasteiger partial charge in [0, 0.05) is 50.0 Å². The van der Waals surface area contributed by atoms with Gasteiger partial charge in [0.05, 0.1) is 6.54 Å². The molecule has 6 nitrogen and oxygen atoms in total. The number of Topliss-reactive ketones (excluding diaryl/α,β-unsaturated/α-hetero) is 1. The van der Waals surface area contributed by atoms with E-state index in [4.69, 9.17) is 0 Å². The van der Waals surface area contributed by atoms with Gasteiger partial charge in [0.15, 0.2) is 5.82 Å². The van der Waals surface area contributed by atoms with E-state index in [0.717, 1.165) is 63.0 Å². The van der Waals surface area contributed by atoms with Crippen molar-refractivity contribution < 1.29 is 9.59 Å². The normalized spacial score (nSPS) is 19.4. The summed E-state index contributed by atoms with van der Waals surface area (Å²) in [5.74, 6) is 0.458. The van der Waals surface area contributed by atoms with Crippen LogP contribution in [0, 0.1) is 12.3 Å². The molecule has 2 aliphatic rings. The van der Waals surface area contributed by atoms with Crippen LogP contribution in [0.4, 0.5) is 0 Å². The van der Waals surface area contributed by atoms with Crippen molar-refractivity contribution in [2.24, 2.45) is 5.41 Å². The Balaban J connectivity index is 1.64. The molecule has 35 heavy (non-hydrogen) atoms. The Morgan fingerprint density at radius 1 is 1.20 bits per heavy atom. The van der Waals surface area contributed by atoms with Gasteiger partial charge in [0.25, 0.3) is 0 Å². The highest BCUT2D eigenvalue weighted by atomic mass is 16.1. The number of piperazine rings is 1. The molecule has 0 spiro atoms. The van der Waals surface area contributed by atoms with Crippen LogP contribution in [0.25, 0.3) is 5.57 Å². The number of aldehydes is 1. The Bertz CT molecular complexity index is 1100. The van der Waals surface area contributed by atoms with E-state index in [1.54, 1.807) is 6.20 Å². The lowest BCUT2D eigenvalue weighted by atomic mass is 9.75. The van der Waals surface area contributed by atoms with Crippen LogP contribution in [0.5, 0.6) is 0 Å². The van der Waals surface area contributed by atoms with Crippen molar-refractivity contribution in [1.29, 1.82) is 0 Å². The molecule has 1 aromatic heterocycles. The van der Waals surface area contributed by atoms with Crippen LogP contribution in [0.15, 0.2) is 30.5 Å². The van der Waals surface area contributed by atoms with Gasteiger partial charge in [-0.05, 0) is 73.8 Å². The summed E-state index contributed by atoms with van der Waals surface area (Å²) in [5, 5.41) is 0. The van der Waals surface area contributed by atoms with Gasteiger partial charge < -0.3 is 9.78 Å². The number of nitrogens with one attached hydrogen (secondary N) is 1. The Kier molecular flexibility index (Phi) is 7.43. The first-order chi connectivity index (χ1) is 16.6. The lowest BCUT2D eigenvalue weighted by Crippen LogP contribution is -2.53. The van der Waals surface area contributed by atoms with Crippen molar-refractivity contribution in [3.05, 3.63) is 58.7 Å². The van der Waals surface area contributed by atoms with Gasteiger partial charge >= 0.3 is 0 Å². The van der Waals surface area contributed by atoms with Crippen LogP contribution in [0.2, 0.25) is 0 Å². The number of benzene rings is 1. The number of aromatic amines is 1. The Hall–Kier alpha value is -2.57. The van der Waals surface area contributed by atoms with Crippen LogP contribution in [0.1, 0.15) is 80.0 Å². The fraction of sp³-hybridized carbons (Fsp3) is 0.552. The number of hydrogen-bond acceptors (Lipinski definition) is 5. The summed E-state index contributed by atoms with van der Waals surface area (Å²) in [5.41, 5.74) is 5.99. The van der Waals surface area contributed by atoms with Crippen molar-refractivity contribution >= 4 is 17.6 Å². The first-order valence-electron chi connectivity index (χ1n) is 12.9. The Morgan fingerprint density at radius 2 is 1.94 bits per heavy atom. The number of aryl methyl sites for hydroxylation is 1. The summed E-state index contributed by atoms with van der Waals surface area (Å²) >= 11 is 0. The number of allylic oxidation sites excluding steroid dienone is 2. The average Bonchev–Trinajstić information content (AvgIpc) is 3.26. The fourth-order valence-corrected chi connectivity index (χ4v) is 5.32. The van der Waals surface area contributed by atoms with Crippen molar-refractivity contribution in [2.75, 3.05) is 32.7 Å². The van der Waals surface area contributed by atoms with E-state index >= 15 is 0 Å².